The van der Waals surface area contributed by atoms with E-state index in [1.54, 1.807) is 19.0 Å². The fourth-order valence-corrected chi connectivity index (χ4v) is 1.96. The van der Waals surface area contributed by atoms with Crippen LogP contribution in [0.1, 0.15) is 40.0 Å². The van der Waals surface area contributed by atoms with Gasteiger partial charge < -0.3 is 20.3 Å². The first-order chi connectivity index (χ1) is 9.78. The van der Waals surface area contributed by atoms with Crippen LogP contribution in [0.3, 0.4) is 0 Å². The summed E-state index contributed by atoms with van der Waals surface area (Å²) in [7, 11) is 3.47. The molecule has 22 heavy (non-hydrogen) atoms. The lowest BCUT2D eigenvalue weighted by atomic mass is 10.1. The lowest BCUT2D eigenvalue weighted by Crippen LogP contribution is -2.50. The molecule has 1 heterocycles. The second-order valence-electron chi connectivity index (χ2n) is 6.70. The minimum atomic E-state index is -0.111. The van der Waals surface area contributed by atoms with Gasteiger partial charge in [-0.1, -0.05) is 0 Å². The van der Waals surface area contributed by atoms with Crippen LogP contribution in [0.25, 0.3) is 0 Å². The highest BCUT2D eigenvalue weighted by molar-refractivity contribution is 14.0. The average molecular weight is 426 g/mol. The quantitative estimate of drug-likeness (QED) is 0.407. The molecule has 130 valence electrons. The fraction of sp³-hybridized carbons (Fsp3) is 0.867. The highest BCUT2D eigenvalue weighted by Gasteiger charge is 2.17. The summed E-state index contributed by atoms with van der Waals surface area (Å²) in [6, 6.07) is 0. The van der Waals surface area contributed by atoms with Crippen LogP contribution >= 0.6 is 24.0 Å². The highest BCUT2D eigenvalue weighted by Crippen LogP contribution is 2.11. The molecule has 0 aromatic heterocycles. The molecule has 1 aliphatic rings. The zero-order chi connectivity index (χ0) is 15.9. The second-order valence-corrected chi connectivity index (χ2v) is 6.70. The maximum absolute atomic E-state index is 11.7. The van der Waals surface area contributed by atoms with E-state index in [2.05, 4.69) is 36.4 Å². The molecule has 0 spiro atoms. The third-order valence-electron chi connectivity index (χ3n) is 3.14. The predicted molar refractivity (Wildman–Crippen MR) is 101 cm³/mol. The summed E-state index contributed by atoms with van der Waals surface area (Å²) in [5.74, 6) is 0.644. The number of aliphatic imine (C=N–C) groups is 1. The van der Waals surface area contributed by atoms with Crippen molar-refractivity contribution in [3.8, 4) is 0 Å². The molecule has 0 aliphatic carbocycles. The van der Waals surface area contributed by atoms with Crippen LogP contribution in [0, 0.1) is 0 Å². The van der Waals surface area contributed by atoms with Gasteiger partial charge in [0.2, 0.25) is 5.91 Å². The van der Waals surface area contributed by atoms with Crippen LogP contribution in [0.15, 0.2) is 4.99 Å². The van der Waals surface area contributed by atoms with Crippen molar-refractivity contribution < 1.29 is 9.53 Å². The molecule has 6 nitrogen and oxygen atoms in total. The topological polar surface area (TPSA) is 66.0 Å². The Labute approximate surface area is 151 Å². The van der Waals surface area contributed by atoms with E-state index in [1.807, 2.05) is 0 Å². The fourth-order valence-electron chi connectivity index (χ4n) is 1.96. The number of likely N-dealkylation sites (N-methyl/N-ethyl adjacent to an activating group) is 1. The minimum absolute atomic E-state index is 0. The van der Waals surface area contributed by atoms with Gasteiger partial charge in [0, 0.05) is 32.8 Å². The lowest BCUT2D eigenvalue weighted by Gasteiger charge is -2.27. The first kappa shape index (κ1) is 21.4. The van der Waals surface area contributed by atoms with Gasteiger partial charge in [-0.15, -0.1) is 24.0 Å². The molecule has 1 amide bonds. The number of guanidine groups is 1. The molecular formula is C15H31IN4O2. The van der Waals surface area contributed by atoms with E-state index < -0.39 is 0 Å². The van der Waals surface area contributed by atoms with Crippen molar-refractivity contribution in [1.82, 2.24) is 15.5 Å². The van der Waals surface area contributed by atoms with E-state index in [9.17, 15) is 4.79 Å². The smallest absolute Gasteiger partial charge is 0.243 e. The summed E-state index contributed by atoms with van der Waals surface area (Å²) in [6.45, 7) is 7.89. The van der Waals surface area contributed by atoms with Gasteiger partial charge in [-0.25, -0.2) is 4.99 Å². The number of halogens is 1. The number of hydrogen-bond acceptors (Lipinski definition) is 3. The van der Waals surface area contributed by atoms with E-state index in [0.29, 0.717) is 5.96 Å². The first-order valence-electron chi connectivity index (χ1n) is 7.66. The summed E-state index contributed by atoms with van der Waals surface area (Å²) in [5.41, 5.74) is -0.111. The number of rotatable bonds is 4. The Bertz CT molecular complexity index is 361. The predicted octanol–water partition coefficient (Wildman–Crippen LogP) is 1.60. The molecule has 0 radical (unpaired) electrons. The molecule has 1 unspecified atom stereocenters. The summed E-state index contributed by atoms with van der Waals surface area (Å²) >= 11 is 0. The Morgan fingerprint density at radius 1 is 1.32 bits per heavy atom. The van der Waals surface area contributed by atoms with Crippen LogP contribution in [-0.4, -0.2) is 62.2 Å². The van der Waals surface area contributed by atoms with Gasteiger partial charge in [0.1, 0.15) is 6.54 Å². The molecule has 0 bridgehead atoms. The molecule has 7 heteroatoms. The Morgan fingerprint density at radius 3 is 2.50 bits per heavy atom. The SMILES string of the molecule is CN(C)C(=O)CN=C(NCC1CCCCO1)NC(C)(C)C.I. The first-order valence-corrected chi connectivity index (χ1v) is 7.66. The number of nitrogens with one attached hydrogen (secondary N) is 2. The number of ether oxygens (including phenoxy) is 1. The van der Waals surface area contributed by atoms with Crippen LogP contribution < -0.4 is 10.6 Å². The molecule has 0 aromatic rings. The van der Waals surface area contributed by atoms with Crippen molar-refractivity contribution in [2.45, 2.75) is 51.7 Å². The van der Waals surface area contributed by atoms with Gasteiger partial charge in [-0.3, -0.25) is 4.79 Å². The monoisotopic (exact) mass is 426 g/mol. The van der Waals surface area contributed by atoms with Gasteiger partial charge in [0.15, 0.2) is 5.96 Å². The number of carbonyl (C=O) groups excluding carboxylic acids is 1. The zero-order valence-electron chi connectivity index (χ0n) is 14.4. The zero-order valence-corrected chi connectivity index (χ0v) is 16.8. The van der Waals surface area contributed by atoms with Crippen molar-refractivity contribution in [3.63, 3.8) is 0 Å². The molecule has 1 aliphatic heterocycles. The summed E-state index contributed by atoms with van der Waals surface area (Å²) in [5, 5.41) is 6.59. The third kappa shape index (κ3) is 9.45. The maximum Gasteiger partial charge on any atom is 0.243 e. The van der Waals surface area contributed by atoms with Crippen molar-refractivity contribution in [2.24, 2.45) is 4.99 Å². The maximum atomic E-state index is 11.7. The van der Waals surface area contributed by atoms with Crippen molar-refractivity contribution in [3.05, 3.63) is 0 Å². The van der Waals surface area contributed by atoms with Gasteiger partial charge >= 0.3 is 0 Å². The standard InChI is InChI=1S/C15H30N4O2.HI/c1-15(2,3)18-14(17-11-13(20)19(4)5)16-10-12-8-6-7-9-21-12;/h12H,6-11H2,1-5H3,(H2,16,17,18);1H. The number of carbonyl (C=O) groups is 1. The summed E-state index contributed by atoms with van der Waals surface area (Å²) in [4.78, 5) is 17.6. The van der Waals surface area contributed by atoms with E-state index >= 15 is 0 Å². The van der Waals surface area contributed by atoms with Crippen LogP contribution in [-0.2, 0) is 9.53 Å². The third-order valence-corrected chi connectivity index (χ3v) is 3.14. The van der Waals surface area contributed by atoms with Crippen LogP contribution in [0.2, 0.25) is 0 Å². The number of amides is 1. The van der Waals surface area contributed by atoms with E-state index in [4.69, 9.17) is 4.74 Å². The molecule has 0 saturated carbocycles. The van der Waals surface area contributed by atoms with Crippen molar-refractivity contribution in [1.29, 1.82) is 0 Å². The van der Waals surface area contributed by atoms with E-state index in [1.165, 1.54) is 6.42 Å². The van der Waals surface area contributed by atoms with E-state index in [-0.39, 0.29) is 48.1 Å². The van der Waals surface area contributed by atoms with Gasteiger partial charge in [0.25, 0.3) is 0 Å². The van der Waals surface area contributed by atoms with Gasteiger partial charge in [-0.05, 0) is 40.0 Å². The van der Waals surface area contributed by atoms with Crippen LogP contribution in [0.5, 0.6) is 0 Å². The lowest BCUT2D eigenvalue weighted by molar-refractivity contribution is -0.127. The Kier molecular flexibility index (Phi) is 9.99. The van der Waals surface area contributed by atoms with Crippen molar-refractivity contribution >= 4 is 35.8 Å². The Morgan fingerprint density at radius 2 is 2.00 bits per heavy atom. The summed E-state index contributed by atoms with van der Waals surface area (Å²) < 4.78 is 5.70. The normalized spacial score (nSPS) is 19.1. The Balaban J connectivity index is 0.00000441. The molecule has 0 aromatic carbocycles. The average Bonchev–Trinajstić information content (AvgIpc) is 2.41. The molecule has 1 rings (SSSR count). The van der Waals surface area contributed by atoms with Crippen molar-refractivity contribution in [2.75, 3.05) is 33.8 Å². The number of hydrogen-bond donors (Lipinski definition) is 2. The summed E-state index contributed by atoms with van der Waals surface area (Å²) in [6.07, 6.45) is 3.67. The van der Waals surface area contributed by atoms with Gasteiger partial charge in [0.05, 0.1) is 6.10 Å². The molecule has 2 N–H and O–H groups in total. The molecular weight excluding hydrogens is 395 g/mol. The minimum Gasteiger partial charge on any atom is -0.376 e. The Hall–Kier alpha value is -0.570. The largest absolute Gasteiger partial charge is 0.376 e. The highest BCUT2D eigenvalue weighted by atomic mass is 127. The molecule has 1 saturated heterocycles. The van der Waals surface area contributed by atoms with Gasteiger partial charge in [-0.2, -0.15) is 0 Å². The molecule has 1 atom stereocenters. The van der Waals surface area contributed by atoms with Crippen LogP contribution in [0.4, 0.5) is 0 Å². The molecule has 1 fully saturated rings. The van der Waals surface area contributed by atoms with E-state index in [0.717, 1.165) is 26.0 Å². The number of nitrogens with zero attached hydrogens (tertiary/aromatic N) is 2. The second kappa shape index (κ2) is 10.3.